The molecule has 0 bridgehead atoms. The zero-order chi connectivity index (χ0) is 13.2. The van der Waals surface area contributed by atoms with E-state index in [1.165, 1.54) is 22.3 Å². The van der Waals surface area contributed by atoms with Crippen LogP contribution in [-0.2, 0) is 24.5 Å². The maximum Gasteiger partial charge on any atom is 0.0725 e. The highest BCUT2D eigenvalue weighted by molar-refractivity contribution is 5.38. The van der Waals surface area contributed by atoms with Gasteiger partial charge in [-0.1, -0.05) is 18.2 Å². The number of rotatable bonds is 4. The average Bonchev–Trinajstić information content (AvgIpc) is 3.07. The monoisotopic (exact) mass is 257 g/mol. The predicted octanol–water partition coefficient (Wildman–Crippen LogP) is 2.24. The van der Waals surface area contributed by atoms with E-state index in [1.54, 1.807) is 0 Å². The van der Waals surface area contributed by atoms with Crippen molar-refractivity contribution in [2.45, 2.75) is 32.7 Å². The lowest BCUT2D eigenvalue weighted by Crippen LogP contribution is -2.17. The van der Waals surface area contributed by atoms with Gasteiger partial charge in [-0.3, -0.25) is 4.68 Å². The fourth-order valence-corrected chi connectivity index (χ4v) is 2.60. The Morgan fingerprint density at radius 3 is 2.89 bits per heavy atom. The van der Waals surface area contributed by atoms with Gasteiger partial charge in [-0.05, 0) is 30.7 Å². The van der Waals surface area contributed by atoms with Crippen LogP contribution in [-0.4, -0.2) is 16.8 Å². The molecule has 4 heteroatoms. The molecule has 2 aromatic rings. The van der Waals surface area contributed by atoms with E-state index in [0.717, 1.165) is 19.8 Å². The van der Waals surface area contributed by atoms with Gasteiger partial charge in [0.15, 0.2) is 0 Å². The second-order valence-electron chi connectivity index (χ2n) is 4.87. The van der Waals surface area contributed by atoms with E-state index in [9.17, 15) is 0 Å². The Bertz CT molecular complexity index is 577. The highest BCUT2D eigenvalue weighted by Gasteiger charge is 2.17. The summed E-state index contributed by atoms with van der Waals surface area (Å²) in [6.07, 6.45) is 4.04. The zero-order valence-corrected chi connectivity index (χ0v) is 11.4. The molecule has 1 aliphatic rings. The van der Waals surface area contributed by atoms with Gasteiger partial charge < -0.3 is 10.1 Å². The third kappa shape index (κ3) is 2.29. The largest absolute Gasteiger partial charge is 0.372 e. The first-order valence-corrected chi connectivity index (χ1v) is 6.71. The van der Waals surface area contributed by atoms with Gasteiger partial charge in [0.05, 0.1) is 25.5 Å². The topological polar surface area (TPSA) is 39.1 Å². The SMILES string of the molecule is CCn1cc(C(NC)c2ccc3c(c2)COC3)cn1. The fraction of sp³-hybridized carbons (Fsp3) is 0.400. The van der Waals surface area contributed by atoms with E-state index in [0.29, 0.717) is 0 Å². The second kappa shape index (κ2) is 5.15. The average molecular weight is 257 g/mol. The van der Waals surface area contributed by atoms with Gasteiger partial charge in [0, 0.05) is 18.3 Å². The molecule has 1 aromatic heterocycles. The first kappa shape index (κ1) is 12.4. The molecule has 2 heterocycles. The maximum atomic E-state index is 5.47. The van der Waals surface area contributed by atoms with Gasteiger partial charge in [-0.15, -0.1) is 0 Å². The van der Waals surface area contributed by atoms with Crippen LogP contribution in [0.5, 0.6) is 0 Å². The molecule has 0 aliphatic carbocycles. The van der Waals surface area contributed by atoms with E-state index in [2.05, 4.69) is 41.7 Å². The minimum absolute atomic E-state index is 0.186. The summed E-state index contributed by atoms with van der Waals surface area (Å²) in [7, 11) is 1.98. The summed E-state index contributed by atoms with van der Waals surface area (Å²) in [6, 6.07) is 6.78. The first-order chi connectivity index (χ1) is 9.31. The van der Waals surface area contributed by atoms with Crippen LogP contribution in [0.15, 0.2) is 30.6 Å². The molecule has 19 heavy (non-hydrogen) atoms. The first-order valence-electron chi connectivity index (χ1n) is 6.71. The molecular formula is C15H19N3O. The Morgan fingerprint density at radius 1 is 1.32 bits per heavy atom. The Balaban J connectivity index is 1.93. The van der Waals surface area contributed by atoms with Crippen molar-refractivity contribution in [2.75, 3.05) is 7.05 Å². The quantitative estimate of drug-likeness (QED) is 0.913. The van der Waals surface area contributed by atoms with Crippen molar-refractivity contribution < 1.29 is 4.74 Å². The number of hydrogen-bond acceptors (Lipinski definition) is 3. The number of aromatic nitrogens is 2. The van der Waals surface area contributed by atoms with Crippen molar-refractivity contribution in [3.8, 4) is 0 Å². The summed E-state index contributed by atoms with van der Waals surface area (Å²) in [4.78, 5) is 0. The number of nitrogens with one attached hydrogen (secondary N) is 1. The van der Waals surface area contributed by atoms with Crippen molar-refractivity contribution in [1.82, 2.24) is 15.1 Å². The highest BCUT2D eigenvalue weighted by Crippen LogP contribution is 2.27. The summed E-state index contributed by atoms with van der Waals surface area (Å²) in [5, 5.41) is 7.72. The van der Waals surface area contributed by atoms with Crippen molar-refractivity contribution in [3.63, 3.8) is 0 Å². The normalized spacial score (nSPS) is 15.5. The molecular weight excluding hydrogens is 238 g/mol. The molecule has 0 amide bonds. The van der Waals surface area contributed by atoms with Gasteiger partial charge >= 0.3 is 0 Å². The summed E-state index contributed by atoms with van der Waals surface area (Å²) < 4.78 is 7.43. The van der Waals surface area contributed by atoms with Crippen LogP contribution in [0.3, 0.4) is 0 Å². The van der Waals surface area contributed by atoms with Crippen LogP contribution in [0.2, 0.25) is 0 Å². The lowest BCUT2D eigenvalue weighted by molar-refractivity contribution is 0.134. The maximum absolute atomic E-state index is 5.47. The van der Waals surface area contributed by atoms with Gasteiger partial charge in [0.2, 0.25) is 0 Å². The van der Waals surface area contributed by atoms with E-state index in [-0.39, 0.29) is 6.04 Å². The number of nitrogens with zero attached hydrogens (tertiary/aromatic N) is 2. The van der Waals surface area contributed by atoms with Crippen molar-refractivity contribution in [1.29, 1.82) is 0 Å². The Hall–Kier alpha value is -1.65. The molecule has 100 valence electrons. The molecule has 0 saturated heterocycles. The van der Waals surface area contributed by atoms with Crippen LogP contribution in [0, 0.1) is 0 Å². The van der Waals surface area contributed by atoms with E-state index < -0.39 is 0 Å². The van der Waals surface area contributed by atoms with Crippen molar-refractivity contribution >= 4 is 0 Å². The van der Waals surface area contributed by atoms with Crippen LogP contribution in [0.1, 0.15) is 35.2 Å². The van der Waals surface area contributed by atoms with E-state index >= 15 is 0 Å². The lowest BCUT2D eigenvalue weighted by Gasteiger charge is -2.16. The molecule has 4 nitrogen and oxygen atoms in total. The molecule has 1 atom stereocenters. The Kier molecular flexibility index (Phi) is 3.36. The molecule has 0 radical (unpaired) electrons. The highest BCUT2D eigenvalue weighted by atomic mass is 16.5. The molecule has 0 fully saturated rings. The van der Waals surface area contributed by atoms with Crippen LogP contribution in [0.4, 0.5) is 0 Å². The molecule has 1 N–H and O–H groups in total. The number of fused-ring (bicyclic) bond motifs is 1. The third-order valence-corrected chi connectivity index (χ3v) is 3.68. The predicted molar refractivity (Wildman–Crippen MR) is 73.7 cm³/mol. The van der Waals surface area contributed by atoms with E-state index in [4.69, 9.17) is 4.74 Å². The van der Waals surface area contributed by atoms with E-state index in [1.807, 2.05) is 17.9 Å². The van der Waals surface area contributed by atoms with Crippen molar-refractivity contribution in [2.24, 2.45) is 0 Å². The summed E-state index contributed by atoms with van der Waals surface area (Å²) in [5.41, 5.74) is 5.08. The standard InChI is InChI=1S/C15H19N3O/c1-3-18-8-14(7-17-18)15(16-2)11-4-5-12-9-19-10-13(12)6-11/h4-8,15-16H,3,9-10H2,1-2H3. The minimum Gasteiger partial charge on any atom is -0.372 e. The summed E-state index contributed by atoms with van der Waals surface area (Å²) in [6.45, 7) is 4.47. The van der Waals surface area contributed by atoms with Crippen molar-refractivity contribution in [3.05, 3.63) is 52.8 Å². The van der Waals surface area contributed by atoms with Gasteiger partial charge in [0.25, 0.3) is 0 Å². The summed E-state index contributed by atoms with van der Waals surface area (Å²) in [5.74, 6) is 0. The fourth-order valence-electron chi connectivity index (χ4n) is 2.60. The molecule has 0 saturated carbocycles. The number of aryl methyl sites for hydroxylation is 1. The Morgan fingerprint density at radius 2 is 2.16 bits per heavy atom. The van der Waals surface area contributed by atoms with Crippen LogP contribution in [0.25, 0.3) is 0 Å². The third-order valence-electron chi connectivity index (χ3n) is 3.68. The number of ether oxygens (including phenoxy) is 1. The molecule has 1 unspecified atom stereocenters. The molecule has 0 spiro atoms. The van der Waals surface area contributed by atoms with Gasteiger partial charge in [-0.25, -0.2) is 0 Å². The van der Waals surface area contributed by atoms with Crippen LogP contribution >= 0.6 is 0 Å². The van der Waals surface area contributed by atoms with Gasteiger partial charge in [0.1, 0.15) is 0 Å². The molecule has 1 aromatic carbocycles. The summed E-state index contributed by atoms with van der Waals surface area (Å²) >= 11 is 0. The number of hydrogen-bond donors (Lipinski definition) is 1. The molecule has 1 aliphatic heterocycles. The minimum atomic E-state index is 0.186. The van der Waals surface area contributed by atoms with Gasteiger partial charge in [-0.2, -0.15) is 5.10 Å². The smallest absolute Gasteiger partial charge is 0.0725 e. The second-order valence-corrected chi connectivity index (χ2v) is 4.87. The zero-order valence-electron chi connectivity index (χ0n) is 11.4. The number of benzene rings is 1. The Labute approximate surface area is 113 Å². The molecule has 3 rings (SSSR count). The van der Waals surface area contributed by atoms with Crippen LogP contribution < -0.4 is 5.32 Å². The lowest BCUT2D eigenvalue weighted by atomic mass is 9.98.